The molecule has 2 N–H and O–H groups in total. The minimum Gasteiger partial charge on any atom is -0.435 e. The van der Waals surface area contributed by atoms with Gasteiger partial charge in [-0.15, -0.1) is 12.4 Å². The van der Waals surface area contributed by atoms with E-state index in [4.69, 9.17) is 5.73 Å². The highest BCUT2D eigenvalue weighted by molar-refractivity contribution is 5.85. The fourth-order valence-electron chi connectivity index (χ4n) is 2.40. The summed E-state index contributed by atoms with van der Waals surface area (Å²) in [6, 6.07) is 6.60. The number of carbonyl (C=O) groups is 1. The number of amides is 1. The normalized spacial score (nSPS) is 15.5. The molecule has 0 radical (unpaired) electrons. The minimum absolute atomic E-state index is 0. The van der Waals surface area contributed by atoms with Gasteiger partial charge in [0.15, 0.2) is 0 Å². The average Bonchev–Trinajstić information content (AvgIpc) is 2.46. The fourth-order valence-corrected chi connectivity index (χ4v) is 2.40. The summed E-state index contributed by atoms with van der Waals surface area (Å²) in [5.41, 5.74) is 6.74. The van der Waals surface area contributed by atoms with Crippen molar-refractivity contribution in [3.63, 3.8) is 0 Å². The van der Waals surface area contributed by atoms with Crippen molar-refractivity contribution in [2.45, 2.75) is 38.3 Å². The molecule has 1 saturated heterocycles. The Morgan fingerprint density at radius 2 is 1.86 bits per heavy atom. The second kappa shape index (κ2) is 8.90. The van der Waals surface area contributed by atoms with Crippen LogP contribution < -0.4 is 10.5 Å². The van der Waals surface area contributed by atoms with Crippen LogP contribution in [0.25, 0.3) is 0 Å². The number of piperidine rings is 1. The van der Waals surface area contributed by atoms with Gasteiger partial charge in [0.25, 0.3) is 0 Å². The summed E-state index contributed by atoms with van der Waals surface area (Å²) in [5, 5.41) is 0. The first kappa shape index (κ1) is 18.6. The highest BCUT2D eigenvalue weighted by Gasteiger charge is 2.20. The number of halogens is 3. The van der Waals surface area contributed by atoms with Crippen molar-refractivity contribution in [1.82, 2.24) is 4.90 Å². The van der Waals surface area contributed by atoms with Crippen molar-refractivity contribution >= 4 is 18.3 Å². The largest absolute Gasteiger partial charge is 0.435 e. The van der Waals surface area contributed by atoms with Gasteiger partial charge in [-0.25, -0.2) is 0 Å². The smallest absolute Gasteiger partial charge is 0.387 e. The van der Waals surface area contributed by atoms with E-state index < -0.39 is 6.61 Å². The Morgan fingerprint density at radius 3 is 2.41 bits per heavy atom. The number of likely N-dealkylation sites (tertiary alicyclic amines) is 1. The van der Waals surface area contributed by atoms with Crippen molar-refractivity contribution in [2.24, 2.45) is 5.73 Å². The first-order valence-electron chi connectivity index (χ1n) is 7.11. The Kier molecular flexibility index (Phi) is 7.55. The molecule has 0 spiro atoms. The number of rotatable bonds is 5. The second-order valence-corrected chi connectivity index (χ2v) is 5.24. The molecule has 0 atom stereocenters. The van der Waals surface area contributed by atoms with E-state index in [1.54, 1.807) is 12.1 Å². The first-order chi connectivity index (χ1) is 10.0. The van der Waals surface area contributed by atoms with Crippen LogP contribution in [-0.4, -0.2) is 36.5 Å². The van der Waals surface area contributed by atoms with Gasteiger partial charge in [0.05, 0.1) is 0 Å². The summed E-state index contributed by atoms with van der Waals surface area (Å²) in [6.45, 7) is -1.37. The zero-order valence-corrected chi connectivity index (χ0v) is 13.0. The monoisotopic (exact) mass is 334 g/mol. The third-order valence-corrected chi connectivity index (χ3v) is 3.67. The lowest BCUT2D eigenvalue weighted by molar-refractivity contribution is -0.132. The SMILES string of the molecule is Cl.NC1CCN(C(=O)CCc2ccc(OC(F)F)cc2)CC1. The molecular formula is C15H21ClF2N2O2. The molecule has 1 aliphatic heterocycles. The highest BCUT2D eigenvalue weighted by Crippen LogP contribution is 2.16. The van der Waals surface area contributed by atoms with Crippen molar-refractivity contribution in [2.75, 3.05) is 13.1 Å². The van der Waals surface area contributed by atoms with Gasteiger partial charge < -0.3 is 15.4 Å². The van der Waals surface area contributed by atoms with Crippen LogP contribution in [0.2, 0.25) is 0 Å². The lowest BCUT2D eigenvalue weighted by Crippen LogP contribution is -2.42. The van der Waals surface area contributed by atoms with E-state index >= 15 is 0 Å². The number of aryl methyl sites for hydroxylation is 1. The summed E-state index contributed by atoms with van der Waals surface area (Å²) >= 11 is 0. The van der Waals surface area contributed by atoms with E-state index in [0.717, 1.165) is 31.5 Å². The lowest BCUT2D eigenvalue weighted by Gasteiger charge is -2.30. The topological polar surface area (TPSA) is 55.6 Å². The van der Waals surface area contributed by atoms with Crippen LogP contribution >= 0.6 is 12.4 Å². The number of nitrogens with two attached hydrogens (primary N) is 1. The van der Waals surface area contributed by atoms with E-state index in [1.165, 1.54) is 12.1 Å². The molecule has 7 heteroatoms. The van der Waals surface area contributed by atoms with Gasteiger partial charge in [-0.05, 0) is 37.0 Å². The molecule has 124 valence electrons. The Labute approximate surface area is 135 Å². The Hall–Kier alpha value is -1.40. The maximum atomic E-state index is 12.1. The molecule has 1 aliphatic rings. The third-order valence-electron chi connectivity index (χ3n) is 3.67. The Bertz CT molecular complexity index is 463. The predicted molar refractivity (Wildman–Crippen MR) is 82.4 cm³/mol. The number of alkyl halides is 2. The average molecular weight is 335 g/mol. The summed E-state index contributed by atoms with van der Waals surface area (Å²) in [6.07, 6.45) is 2.72. The van der Waals surface area contributed by atoms with Gasteiger partial charge in [-0.1, -0.05) is 12.1 Å². The van der Waals surface area contributed by atoms with Crippen LogP contribution in [0.5, 0.6) is 5.75 Å². The maximum absolute atomic E-state index is 12.1. The predicted octanol–water partition coefficient (Wildman–Crippen LogP) is 2.59. The van der Waals surface area contributed by atoms with Crippen molar-refractivity contribution in [3.05, 3.63) is 29.8 Å². The molecule has 1 aromatic carbocycles. The zero-order chi connectivity index (χ0) is 15.2. The van der Waals surface area contributed by atoms with Crippen LogP contribution in [0, 0.1) is 0 Å². The zero-order valence-electron chi connectivity index (χ0n) is 12.2. The number of hydrogen-bond donors (Lipinski definition) is 1. The first-order valence-corrected chi connectivity index (χ1v) is 7.11. The number of nitrogens with zero attached hydrogens (tertiary/aromatic N) is 1. The fraction of sp³-hybridized carbons (Fsp3) is 0.533. The maximum Gasteiger partial charge on any atom is 0.387 e. The number of hydrogen-bond acceptors (Lipinski definition) is 3. The van der Waals surface area contributed by atoms with Crippen LogP contribution in [0.4, 0.5) is 8.78 Å². The minimum atomic E-state index is -2.82. The second-order valence-electron chi connectivity index (χ2n) is 5.24. The molecule has 2 rings (SSSR count). The molecule has 0 unspecified atom stereocenters. The highest BCUT2D eigenvalue weighted by atomic mass is 35.5. The van der Waals surface area contributed by atoms with Gasteiger partial charge in [0, 0.05) is 25.6 Å². The molecular weight excluding hydrogens is 314 g/mol. The molecule has 1 fully saturated rings. The lowest BCUT2D eigenvalue weighted by atomic mass is 10.0. The van der Waals surface area contributed by atoms with Gasteiger partial charge in [0.1, 0.15) is 5.75 Å². The van der Waals surface area contributed by atoms with Crippen molar-refractivity contribution in [1.29, 1.82) is 0 Å². The standard InChI is InChI=1S/C15H20F2N2O2.ClH/c16-15(17)21-13-4-1-11(2-5-13)3-6-14(20)19-9-7-12(18)8-10-19;/h1-2,4-5,12,15H,3,6-10,18H2;1H. The van der Waals surface area contributed by atoms with Crippen LogP contribution in [0.15, 0.2) is 24.3 Å². The van der Waals surface area contributed by atoms with E-state index in [1.807, 2.05) is 4.90 Å². The van der Waals surface area contributed by atoms with E-state index in [2.05, 4.69) is 4.74 Å². The molecule has 1 heterocycles. The van der Waals surface area contributed by atoms with Crippen LogP contribution in [0.3, 0.4) is 0 Å². The quantitative estimate of drug-likeness (QED) is 0.900. The van der Waals surface area contributed by atoms with E-state index in [0.29, 0.717) is 12.8 Å². The van der Waals surface area contributed by atoms with Crippen LogP contribution in [0.1, 0.15) is 24.8 Å². The molecule has 1 aromatic rings. The van der Waals surface area contributed by atoms with Crippen LogP contribution in [-0.2, 0) is 11.2 Å². The van der Waals surface area contributed by atoms with E-state index in [-0.39, 0.29) is 30.1 Å². The number of carbonyl (C=O) groups excluding carboxylic acids is 1. The summed E-state index contributed by atoms with van der Waals surface area (Å²) in [5.74, 6) is 0.250. The van der Waals surface area contributed by atoms with Gasteiger partial charge in [-0.2, -0.15) is 8.78 Å². The molecule has 22 heavy (non-hydrogen) atoms. The molecule has 0 aromatic heterocycles. The van der Waals surface area contributed by atoms with Crippen molar-refractivity contribution in [3.8, 4) is 5.75 Å². The summed E-state index contributed by atoms with van der Waals surface area (Å²) in [7, 11) is 0. The molecule has 0 saturated carbocycles. The van der Waals surface area contributed by atoms with Gasteiger partial charge in [0.2, 0.25) is 5.91 Å². The molecule has 0 aliphatic carbocycles. The summed E-state index contributed by atoms with van der Waals surface area (Å²) < 4.78 is 28.3. The van der Waals surface area contributed by atoms with Gasteiger partial charge in [-0.3, -0.25) is 4.79 Å². The molecule has 1 amide bonds. The molecule has 4 nitrogen and oxygen atoms in total. The number of benzene rings is 1. The third kappa shape index (κ3) is 5.77. The number of ether oxygens (including phenoxy) is 1. The summed E-state index contributed by atoms with van der Waals surface area (Å²) in [4.78, 5) is 13.9. The Morgan fingerprint density at radius 1 is 1.27 bits per heavy atom. The van der Waals surface area contributed by atoms with Gasteiger partial charge >= 0.3 is 6.61 Å². The molecule has 0 bridgehead atoms. The van der Waals surface area contributed by atoms with Crippen molar-refractivity contribution < 1.29 is 18.3 Å². The Balaban J connectivity index is 0.00000242. The van der Waals surface area contributed by atoms with E-state index in [9.17, 15) is 13.6 Å².